The van der Waals surface area contributed by atoms with Crippen LogP contribution in [0.1, 0.15) is 16.8 Å². The van der Waals surface area contributed by atoms with Crippen LogP contribution >= 0.6 is 11.3 Å². The number of nitrogens with zero attached hydrogens (tertiary/aromatic N) is 3. The summed E-state index contributed by atoms with van der Waals surface area (Å²) in [6.45, 7) is 4.54. The van der Waals surface area contributed by atoms with E-state index in [-0.39, 0.29) is 5.56 Å². The number of hydrogen-bond acceptors (Lipinski definition) is 5. The van der Waals surface area contributed by atoms with Crippen molar-refractivity contribution in [1.29, 1.82) is 0 Å². The van der Waals surface area contributed by atoms with Gasteiger partial charge >= 0.3 is 0 Å². The van der Waals surface area contributed by atoms with E-state index in [0.717, 1.165) is 0 Å². The van der Waals surface area contributed by atoms with Gasteiger partial charge in [-0.25, -0.2) is 4.98 Å². The molecule has 0 saturated carbocycles. The zero-order valence-corrected chi connectivity index (χ0v) is 12.1. The highest BCUT2D eigenvalue weighted by Gasteiger charge is 2.07. The summed E-state index contributed by atoms with van der Waals surface area (Å²) >= 11 is 1.38. The van der Waals surface area contributed by atoms with Crippen LogP contribution in [0.3, 0.4) is 0 Å². The molecule has 0 fully saturated rings. The first-order chi connectivity index (χ1) is 9.61. The molecule has 6 heteroatoms. The number of hydrogen-bond donors (Lipinski definition) is 1. The standard InChI is InChI=1S/C14H14N4OS/c1-9-3-5-11(6-4-9)8-15-13-17-18-12(19)7-10(2)16-14(18)20-13/h3-7H,8H2,1-2H3,(H,15,17). The van der Waals surface area contributed by atoms with E-state index in [1.165, 1.54) is 33.0 Å². The molecule has 1 aromatic carbocycles. The second kappa shape index (κ2) is 5.05. The minimum Gasteiger partial charge on any atom is -0.356 e. The third-order valence-electron chi connectivity index (χ3n) is 2.94. The first-order valence-corrected chi connectivity index (χ1v) is 7.10. The molecule has 0 aliphatic heterocycles. The van der Waals surface area contributed by atoms with E-state index in [2.05, 4.69) is 46.6 Å². The molecule has 0 aliphatic carbocycles. The van der Waals surface area contributed by atoms with Gasteiger partial charge in [-0.2, -0.15) is 4.52 Å². The molecule has 102 valence electrons. The number of rotatable bonds is 3. The number of fused-ring (bicyclic) bond motifs is 1. The Kier molecular flexibility index (Phi) is 3.23. The summed E-state index contributed by atoms with van der Waals surface area (Å²) in [4.78, 5) is 16.7. The highest BCUT2D eigenvalue weighted by molar-refractivity contribution is 7.20. The molecular formula is C14H14N4OS. The molecule has 0 aliphatic rings. The molecule has 0 spiro atoms. The van der Waals surface area contributed by atoms with Crippen molar-refractivity contribution in [1.82, 2.24) is 14.6 Å². The predicted molar refractivity (Wildman–Crippen MR) is 80.4 cm³/mol. The Morgan fingerprint density at radius 3 is 2.75 bits per heavy atom. The summed E-state index contributed by atoms with van der Waals surface area (Å²) < 4.78 is 1.33. The quantitative estimate of drug-likeness (QED) is 0.803. The van der Waals surface area contributed by atoms with Crippen molar-refractivity contribution in [3.05, 3.63) is 57.5 Å². The maximum absolute atomic E-state index is 11.8. The van der Waals surface area contributed by atoms with E-state index in [4.69, 9.17) is 0 Å². The van der Waals surface area contributed by atoms with Crippen LogP contribution in [0, 0.1) is 13.8 Å². The third-order valence-corrected chi connectivity index (χ3v) is 3.80. The average molecular weight is 286 g/mol. The van der Waals surface area contributed by atoms with Crippen molar-refractivity contribution in [2.24, 2.45) is 0 Å². The normalized spacial score (nSPS) is 10.9. The smallest absolute Gasteiger partial charge is 0.275 e. The molecule has 3 rings (SSSR count). The average Bonchev–Trinajstić information content (AvgIpc) is 2.81. The summed E-state index contributed by atoms with van der Waals surface area (Å²) in [5.74, 6) is 0. The molecule has 1 N–H and O–H groups in total. The van der Waals surface area contributed by atoms with Crippen LogP contribution in [0.4, 0.5) is 5.13 Å². The first-order valence-electron chi connectivity index (χ1n) is 6.29. The highest BCUT2D eigenvalue weighted by atomic mass is 32.1. The lowest BCUT2D eigenvalue weighted by molar-refractivity contribution is 0.887. The van der Waals surface area contributed by atoms with Crippen molar-refractivity contribution in [2.75, 3.05) is 5.32 Å². The number of benzene rings is 1. The maximum atomic E-state index is 11.8. The Morgan fingerprint density at radius 2 is 2.00 bits per heavy atom. The molecule has 0 atom stereocenters. The van der Waals surface area contributed by atoms with Crippen LogP contribution in [-0.4, -0.2) is 14.6 Å². The monoisotopic (exact) mass is 286 g/mol. The summed E-state index contributed by atoms with van der Waals surface area (Å²) in [5, 5.41) is 8.15. The summed E-state index contributed by atoms with van der Waals surface area (Å²) in [5.41, 5.74) is 2.97. The van der Waals surface area contributed by atoms with Gasteiger partial charge in [0.05, 0.1) is 0 Å². The van der Waals surface area contributed by atoms with Gasteiger partial charge in [0, 0.05) is 18.3 Å². The highest BCUT2D eigenvalue weighted by Crippen LogP contribution is 2.17. The fourth-order valence-electron chi connectivity index (χ4n) is 1.88. The number of aryl methyl sites for hydroxylation is 2. The first kappa shape index (κ1) is 12.8. The zero-order chi connectivity index (χ0) is 14.1. The Morgan fingerprint density at radius 1 is 1.25 bits per heavy atom. The zero-order valence-electron chi connectivity index (χ0n) is 11.3. The van der Waals surface area contributed by atoms with Gasteiger partial charge in [0.15, 0.2) is 0 Å². The van der Waals surface area contributed by atoms with E-state index in [0.29, 0.717) is 22.3 Å². The lowest BCUT2D eigenvalue weighted by Crippen LogP contribution is -2.14. The Labute approximate surface area is 119 Å². The van der Waals surface area contributed by atoms with Crippen molar-refractivity contribution >= 4 is 21.4 Å². The Hall–Kier alpha value is -2.21. The van der Waals surface area contributed by atoms with Gasteiger partial charge in [0.1, 0.15) is 0 Å². The van der Waals surface area contributed by atoms with Crippen molar-refractivity contribution < 1.29 is 0 Å². The molecule has 0 saturated heterocycles. The molecule has 5 nitrogen and oxygen atoms in total. The van der Waals surface area contributed by atoms with Crippen LogP contribution in [0.2, 0.25) is 0 Å². The van der Waals surface area contributed by atoms with E-state index in [1.807, 2.05) is 0 Å². The molecule has 0 bridgehead atoms. The van der Waals surface area contributed by atoms with Crippen molar-refractivity contribution in [2.45, 2.75) is 20.4 Å². The molecule has 2 heterocycles. The van der Waals surface area contributed by atoms with Gasteiger partial charge in [-0.3, -0.25) is 4.79 Å². The van der Waals surface area contributed by atoms with Crippen LogP contribution in [0.5, 0.6) is 0 Å². The van der Waals surface area contributed by atoms with Crippen molar-refractivity contribution in [3.8, 4) is 0 Å². The van der Waals surface area contributed by atoms with E-state index in [9.17, 15) is 4.79 Å². The van der Waals surface area contributed by atoms with Gasteiger partial charge in [-0.15, -0.1) is 5.10 Å². The number of nitrogens with one attached hydrogen (secondary N) is 1. The van der Waals surface area contributed by atoms with Crippen LogP contribution in [0.15, 0.2) is 35.1 Å². The largest absolute Gasteiger partial charge is 0.356 e. The SMILES string of the molecule is Cc1ccc(CNc2nn3c(=O)cc(C)nc3s2)cc1. The molecule has 3 aromatic rings. The van der Waals surface area contributed by atoms with Gasteiger partial charge in [-0.05, 0) is 19.4 Å². The van der Waals surface area contributed by atoms with Gasteiger partial charge in [0.2, 0.25) is 10.1 Å². The lowest BCUT2D eigenvalue weighted by Gasteiger charge is -2.02. The van der Waals surface area contributed by atoms with Gasteiger partial charge < -0.3 is 5.32 Å². The van der Waals surface area contributed by atoms with Crippen molar-refractivity contribution in [3.63, 3.8) is 0 Å². The summed E-state index contributed by atoms with van der Waals surface area (Å²) in [7, 11) is 0. The van der Waals surface area contributed by atoms with Crippen LogP contribution in [0.25, 0.3) is 4.96 Å². The van der Waals surface area contributed by atoms with E-state index < -0.39 is 0 Å². The van der Waals surface area contributed by atoms with Crippen LogP contribution < -0.4 is 10.9 Å². The summed E-state index contributed by atoms with van der Waals surface area (Å²) in [6, 6.07) is 9.78. The molecule has 0 amide bonds. The Balaban J connectivity index is 1.83. The molecular weight excluding hydrogens is 272 g/mol. The van der Waals surface area contributed by atoms with Crippen LogP contribution in [-0.2, 0) is 6.54 Å². The number of anilines is 1. The Bertz CT molecular complexity index is 804. The minimum absolute atomic E-state index is 0.146. The lowest BCUT2D eigenvalue weighted by atomic mass is 10.1. The van der Waals surface area contributed by atoms with E-state index in [1.54, 1.807) is 6.92 Å². The minimum atomic E-state index is -0.146. The molecule has 0 radical (unpaired) electrons. The van der Waals surface area contributed by atoms with Gasteiger partial charge in [0.25, 0.3) is 5.56 Å². The maximum Gasteiger partial charge on any atom is 0.275 e. The number of aromatic nitrogens is 3. The fraction of sp³-hybridized carbons (Fsp3) is 0.214. The molecule has 20 heavy (non-hydrogen) atoms. The fourth-order valence-corrected chi connectivity index (χ4v) is 2.72. The van der Waals surface area contributed by atoms with Gasteiger partial charge in [-0.1, -0.05) is 41.2 Å². The summed E-state index contributed by atoms with van der Waals surface area (Å²) in [6.07, 6.45) is 0. The second-order valence-corrected chi connectivity index (χ2v) is 5.63. The predicted octanol–water partition coefficient (Wildman–Crippen LogP) is 2.38. The molecule has 0 unspecified atom stereocenters. The third kappa shape index (κ3) is 2.55. The van der Waals surface area contributed by atoms with E-state index >= 15 is 0 Å². The molecule has 2 aromatic heterocycles. The second-order valence-electron chi connectivity index (χ2n) is 4.68. The topological polar surface area (TPSA) is 59.3 Å².